The summed E-state index contributed by atoms with van der Waals surface area (Å²) in [6.45, 7) is 3.69. The molecule has 6 nitrogen and oxygen atoms in total. The summed E-state index contributed by atoms with van der Waals surface area (Å²) in [4.78, 5) is 8.59. The number of rotatable bonds is 8. The molecule has 1 aromatic heterocycles. The Bertz CT molecular complexity index is 662. The minimum absolute atomic E-state index is 0. The average molecular weight is 456 g/mol. The molecule has 0 spiro atoms. The number of anilines is 1. The van der Waals surface area contributed by atoms with E-state index in [-0.39, 0.29) is 24.0 Å². The Labute approximate surface area is 165 Å². The fourth-order valence-electron chi connectivity index (χ4n) is 2.07. The predicted molar refractivity (Wildman–Crippen MR) is 112 cm³/mol. The van der Waals surface area contributed by atoms with Crippen LogP contribution >= 0.6 is 24.0 Å². The Morgan fingerprint density at radius 3 is 2.72 bits per heavy atom. The van der Waals surface area contributed by atoms with Crippen LogP contribution < -0.4 is 15.8 Å². The Kier molecular flexibility index (Phi) is 9.86. The van der Waals surface area contributed by atoms with Crippen LogP contribution in [0.1, 0.15) is 24.5 Å². The maximum atomic E-state index is 5.97. The van der Waals surface area contributed by atoms with Crippen LogP contribution in [0.25, 0.3) is 0 Å². The molecule has 2 rings (SSSR count). The number of methoxy groups -OCH3 is 1. The molecule has 0 bridgehead atoms. The molecule has 0 aliphatic carbocycles. The second-order valence-corrected chi connectivity index (χ2v) is 5.27. The summed E-state index contributed by atoms with van der Waals surface area (Å²) in [5.41, 5.74) is 8.85. The number of nitrogens with two attached hydrogens (primary N) is 1. The van der Waals surface area contributed by atoms with Gasteiger partial charge in [-0.05, 0) is 18.1 Å². The topological polar surface area (TPSA) is 81.8 Å². The molecule has 1 heterocycles. The molecule has 7 heteroatoms. The van der Waals surface area contributed by atoms with Crippen LogP contribution in [0.5, 0.6) is 5.88 Å². The van der Waals surface area contributed by atoms with Crippen molar-refractivity contribution in [1.82, 2.24) is 4.98 Å². The van der Waals surface area contributed by atoms with E-state index in [9.17, 15) is 0 Å². The zero-order chi connectivity index (χ0) is 17.2. The van der Waals surface area contributed by atoms with E-state index in [0.29, 0.717) is 31.6 Å². The van der Waals surface area contributed by atoms with Gasteiger partial charge < -0.3 is 20.5 Å². The number of nitrogens with one attached hydrogen (secondary N) is 1. The van der Waals surface area contributed by atoms with E-state index in [4.69, 9.17) is 15.2 Å². The molecule has 3 N–H and O–H groups in total. The molecular formula is C18H25IN4O2. The predicted octanol–water partition coefficient (Wildman–Crippen LogP) is 3.56. The molecule has 0 aliphatic heterocycles. The molecule has 25 heavy (non-hydrogen) atoms. The van der Waals surface area contributed by atoms with Gasteiger partial charge in [-0.2, -0.15) is 0 Å². The van der Waals surface area contributed by atoms with Gasteiger partial charge in [-0.25, -0.2) is 9.98 Å². The zero-order valence-electron chi connectivity index (χ0n) is 14.6. The Balaban J connectivity index is 0.00000312. The van der Waals surface area contributed by atoms with Crippen molar-refractivity contribution in [3.8, 4) is 5.88 Å². The molecule has 0 radical (unpaired) electrons. The number of hydrogen-bond acceptors (Lipinski definition) is 4. The zero-order valence-corrected chi connectivity index (χ0v) is 16.9. The quantitative estimate of drug-likeness (QED) is 0.361. The number of guanidine groups is 1. The third-order valence-electron chi connectivity index (χ3n) is 3.26. The number of benzene rings is 1. The standard InChI is InChI=1S/C18H24N4O2.HI/c1-3-10-24-17-9-8-14(11-20-17)12-21-18(19)22-16-7-5-4-6-15(16)13-23-2;/h4-9,11H,3,10,12-13H2,1-2H3,(H3,19,21,22);1H. The minimum Gasteiger partial charge on any atom is -0.478 e. The number of nitrogens with zero attached hydrogens (tertiary/aromatic N) is 2. The highest BCUT2D eigenvalue weighted by molar-refractivity contribution is 14.0. The van der Waals surface area contributed by atoms with Crippen LogP contribution in [0.15, 0.2) is 47.6 Å². The van der Waals surface area contributed by atoms with Crippen molar-refractivity contribution in [3.63, 3.8) is 0 Å². The molecule has 1 aromatic carbocycles. The van der Waals surface area contributed by atoms with Crippen molar-refractivity contribution in [2.45, 2.75) is 26.5 Å². The van der Waals surface area contributed by atoms with Gasteiger partial charge in [-0.1, -0.05) is 31.2 Å². The lowest BCUT2D eigenvalue weighted by atomic mass is 10.2. The van der Waals surface area contributed by atoms with Crippen molar-refractivity contribution < 1.29 is 9.47 Å². The second kappa shape index (κ2) is 11.6. The molecule has 0 fully saturated rings. The number of ether oxygens (including phenoxy) is 2. The smallest absolute Gasteiger partial charge is 0.213 e. The van der Waals surface area contributed by atoms with Crippen LogP contribution in [-0.2, 0) is 17.9 Å². The Morgan fingerprint density at radius 2 is 2.04 bits per heavy atom. The summed E-state index contributed by atoms with van der Waals surface area (Å²) in [7, 11) is 1.66. The van der Waals surface area contributed by atoms with Gasteiger partial charge in [0.05, 0.1) is 19.8 Å². The van der Waals surface area contributed by atoms with Gasteiger partial charge >= 0.3 is 0 Å². The van der Waals surface area contributed by atoms with Gasteiger partial charge in [-0.15, -0.1) is 24.0 Å². The van der Waals surface area contributed by atoms with Gasteiger partial charge in [0, 0.05) is 30.6 Å². The van der Waals surface area contributed by atoms with Gasteiger partial charge in [-0.3, -0.25) is 0 Å². The minimum atomic E-state index is 0. The fraction of sp³-hybridized carbons (Fsp3) is 0.333. The first-order chi connectivity index (χ1) is 11.7. The largest absolute Gasteiger partial charge is 0.478 e. The van der Waals surface area contributed by atoms with E-state index in [1.54, 1.807) is 13.3 Å². The first kappa shape index (κ1) is 21.2. The van der Waals surface area contributed by atoms with Crippen LogP contribution in [0.3, 0.4) is 0 Å². The third-order valence-corrected chi connectivity index (χ3v) is 3.26. The Hall–Kier alpha value is -1.87. The van der Waals surface area contributed by atoms with Gasteiger partial charge in [0.1, 0.15) is 0 Å². The van der Waals surface area contributed by atoms with E-state index >= 15 is 0 Å². The lowest BCUT2D eigenvalue weighted by Crippen LogP contribution is -2.23. The lowest BCUT2D eigenvalue weighted by molar-refractivity contribution is 0.185. The molecule has 0 unspecified atom stereocenters. The van der Waals surface area contributed by atoms with Crippen LogP contribution in [0, 0.1) is 0 Å². The normalized spacial score (nSPS) is 10.9. The summed E-state index contributed by atoms with van der Waals surface area (Å²) in [5, 5.41) is 3.11. The number of para-hydroxylation sites is 1. The molecule has 0 amide bonds. The molecule has 2 aromatic rings. The molecule has 0 saturated heterocycles. The number of aliphatic imine (C=N–C) groups is 1. The fourth-order valence-corrected chi connectivity index (χ4v) is 2.07. The molecule has 0 atom stereocenters. The highest BCUT2D eigenvalue weighted by Crippen LogP contribution is 2.15. The Morgan fingerprint density at radius 1 is 1.24 bits per heavy atom. The van der Waals surface area contributed by atoms with E-state index in [0.717, 1.165) is 23.2 Å². The van der Waals surface area contributed by atoms with E-state index in [1.807, 2.05) is 36.4 Å². The summed E-state index contributed by atoms with van der Waals surface area (Å²) in [6.07, 6.45) is 2.71. The monoisotopic (exact) mass is 456 g/mol. The molecule has 0 saturated carbocycles. The number of aromatic nitrogens is 1. The molecule has 136 valence electrons. The first-order valence-corrected chi connectivity index (χ1v) is 7.94. The van der Waals surface area contributed by atoms with Crippen LogP contribution in [0.2, 0.25) is 0 Å². The average Bonchev–Trinajstić information content (AvgIpc) is 2.61. The lowest BCUT2D eigenvalue weighted by Gasteiger charge is -2.10. The second-order valence-electron chi connectivity index (χ2n) is 5.27. The van der Waals surface area contributed by atoms with Crippen molar-refractivity contribution in [2.75, 3.05) is 19.0 Å². The van der Waals surface area contributed by atoms with Gasteiger partial charge in [0.15, 0.2) is 5.96 Å². The number of halogens is 1. The first-order valence-electron chi connectivity index (χ1n) is 7.94. The van der Waals surface area contributed by atoms with Gasteiger partial charge in [0.25, 0.3) is 0 Å². The van der Waals surface area contributed by atoms with Crippen molar-refractivity contribution in [2.24, 2.45) is 10.7 Å². The highest BCUT2D eigenvalue weighted by Gasteiger charge is 2.02. The van der Waals surface area contributed by atoms with Crippen molar-refractivity contribution in [1.29, 1.82) is 0 Å². The summed E-state index contributed by atoms with van der Waals surface area (Å²) >= 11 is 0. The molecular weight excluding hydrogens is 431 g/mol. The SMILES string of the molecule is CCCOc1ccc(CN=C(N)Nc2ccccc2COC)cn1.I. The van der Waals surface area contributed by atoms with E-state index < -0.39 is 0 Å². The number of pyridine rings is 1. The maximum absolute atomic E-state index is 5.97. The maximum Gasteiger partial charge on any atom is 0.213 e. The summed E-state index contributed by atoms with van der Waals surface area (Å²) in [6, 6.07) is 11.6. The summed E-state index contributed by atoms with van der Waals surface area (Å²) in [5.74, 6) is 0.981. The third kappa shape index (κ3) is 7.27. The van der Waals surface area contributed by atoms with Gasteiger partial charge in [0.2, 0.25) is 5.88 Å². The number of hydrogen-bond donors (Lipinski definition) is 2. The van der Waals surface area contributed by atoms with E-state index in [1.165, 1.54) is 0 Å². The van der Waals surface area contributed by atoms with E-state index in [2.05, 4.69) is 22.2 Å². The highest BCUT2D eigenvalue weighted by atomic mass is 127. The van der Waals surface area contributed by atoms with Crippen LogP contribution in [0.4, 0.5) is 5.69 Å². The van der Waals surface area contributed by atoms with Crippen molar-refractivity contribution in [3.05, 3.63) is 53.7 Å². The summed E-state index contributed by atoms with van der Waals surface area (Å²) < 4.78 is 10.6. The molecule has 0 aliphatic rings. The van der Waals surface area contributed by atoms with Crippen LogP contribution in [-0.4, -0.2) is 24.7 Å². The van der Waals surface area contributed by atoms with Crippen molar-refractivity contribution >= 4 is 35.6 Å².